The molecule has 0 heterocycles. The topological polar surface area (TPSA) is 12.0 Å². The normalized spacial score (nSPS) is 19.4. The van der Waals surface area contributed by atoms with Gasteiger partial charge >= 0.3 is 0 Å². The van der Waals surface area contributed by atoms with Crippen molar-refractivity contribution in [3.8, 4) is 0 Å². The van der Waals surface area contributed by atoms with Crippen LogP contribution >= 0.6 is 0 Å². The summed E-state index contributed by atoms with van der Waals surface area (Å²) in [6, 6.07) is 9.48. The second-order valence-electron chi connectivity index (χ2n) is 5.78. The first-order valence-electron chi connectivity index (χ1n) is 7.53. The summed E-state index contributed by atoms with van der Waals surface area (Å²) in [5, 5.41) is 3.58. The van der Waals surface area contributed by atoms with Gasteiger partial charge in [-0.3, -0.25) is 0 Å². The molecule has 0 aromatic heterocycles. The van der Waals surface area contributed by atoms with Crippen molar-refractivity contribution in [2.75, 3.05) is 7.05 Å². The smallest absolute Gasteiger partial charge is 0.0133 e. The molecule has 1 nitrogen and oxygen atoms in total. The first kappa shape index (κ1) is 13.6. The van der Waals surface area contributed by atoms with E-state index in [2.05, 4.69) is 43.6 Å². The van der Waals surface area contributed by atoms with Crippen molar-refractivity contribution in [2.24, 2.45) is 5.92 Å². The molecule has 0 aliphatic heterocycles. The lowest BCUT2D eigenvalue weighted by Crippen LogP contribution is -2.35. The summed E-state index contributed by atoms with van der Waals surface area (Å²) in [5.74, 6) is 0.872. The second-order valence-corrected chi connectivity index (χ2v) is 5.78. The van der Waals surface area contributed by atoms with Crippen LogP contribution in [-0.2, 0) is 6.42 Å². The van der Waals surface area contributed by atoms with E-state index in [4.69, 9.17) is 0 Å². The van der Waals surface area contributed by atoms with Crippen LogP contribution in [0, 0.1) is 12.8 Å². The molecule has 0 radical (unpaired) electrons. The van der Waals surface area contributed by atoms with E-state index in [1.165, 1.54) is 56.1 Å². The number of likely N-dealkylation sites (N-methyl/N-ethyl adjacent to an activating group) is 1. The number of aryl methyl sites for hydroxylation is 1. The van der Waals surface area contributed by atoms with Crippen LogP contribution in [0.5, 0.6) is 0 Å². The average molecular weight is 245 g/mol. The van der Waals surface area contributed by atoms with Gasteiger partial charge in [-0.2, -0.15) is 0 Å². The van der Waals surface area contributed by atoms with Crippen LogP contribution in [0.25, 0.3) is 0 Å². The van der Waals surface area contributed by atoms with Gasteiger partial charge in [0.15, 0.2) is 0 Å². The van der Waals surface area contributed by atoms with Crippen molar-refractivity contribution in [3.63, 3.8) is 0 Å². The Kier molecular flexibility index (Phi) is 5.25. The summed E-state index contributed by atoms with van der Waals surface area (Å²) >= 11 is 0. The quantitative estimate of drug-likeness (QED) is 0.788. The number of hydrogen-bond acceptors (Lipinski definition) is 1. The van der Waals surface area contributed by atoms with Gasteiger partial charge in [-0.25, -0.2) is 0 Å². The fourth-order valence-electron chi connectivity index (χ4n) is 3.29. The summed E-state index contributed by atoms with van der Waals surface area (Å²) in [4.78, 5) is 0. The predicted octanol–water partition coefficient (Wildman–Crippen LogP) is 4.10. The first-order chi connectivity index (χ1) is 8.81. The Hall–Kier alpha value is -0.820. The van der Waals surface area contributed by atoms with E-state index in [1.807, 2.05) is 0 Å². The zero-order chi connectivity index (χ0) is 12.8. The van der Waals surface area contributed by atoms with Gasteiger partial charge in [0.1, 0.15) is 0 Å². The highest BCUT2D eigenvalue weighted by Crippen LogP contribution is 2.27. The summed E-state index contributed by atoms with van der Waals surface area (Å²) in [7, 11) is 2.13. The molecule has 1 saturated carbocycles. The lowest BCUT2D eigenvalue weighted by atomic mass is 9.87. The summed E-state index contributed by atoms with van der Waals surface area (Å²) in [6.45, 7) is 2.23. The molecule has 1 aliphatic carbocycles. The fraction of sp³-hybridized carbons (Fsp3) is 0.647. The molecule has 0 amide bonds. The van der Waals surface area contributed by atoms with Crippen molar-refractivity contribution in [1.82, 2.24) is 5.32 Å². The highest BCUT2D eigenvalue weighted by atomic mass is 14.9. The Bertz CT molecular complexity index is 350. The van der Waals surface area contributed by atoms with E-state index in [1.54, 1.807) is 0 Å². The Morgan fingerprint density at radius 3 is 2.39 bits per heavy atom. The molecule has 1 unspecified atom stereocenters. The highest BCUT2D eigenvalue weighted by molar-refractivity contribution is 5.26. The molecule has 1 aromatic carbocycles. The van der Waals surface area contributed by atoms with Crippen LogP contribution < -0.4 is 5.32 Å². The van der Waals surface area contributed by atoms with Crippen molar-refractivity contribution in [1.29, 1.82) is 0 Å². The van der Waals surface area contributed by atoms with Crippen LogP contribution in [0.15, 0.2) is 24.3 Å². The van der Waals surface area contributed by atoms with Gasteiger partial charge in [0, 0.05) is 6.04 Å². The molecule has 1 fully saturated rings. The maximum atomic E-state index is 3.58. The van der Waals surface area contributed by atoms with Crippen LogP contribution in [0.4, 0.5) is 0 Å². The van der Waals surface area contributed by atoms with Crippen molar-refractivity contribution in [2.45, 2.75) is 57.9 Å². The summed E-state index contributed by atoms with van der Waals surface area (Å²) in [6.07, 6.45) is 9.75. The number of nitrogens with one attached hydrogen (secondary N) is 1. The lowest BCUT2D eigenvalue weighted by molar-refractivity contribution is 0.332. The third kappa shape index (κ3) is 3.58. The molecule has 1 aliphatic rings. The Morgan fingerprint density at radius 2 is 1.78 bits per heavy atom. The van der Waals surface area contributed by atoms with Gasteiger partial charge in [0.25, 0.3) is 0 Å². The Balaban J connectivity index is 2.02. The van der Waals surface area contributed by atoms with Gasteiger partial charge in [-0.1, -0.05) is 49.9 Å². The van der Waals surface area contributed by atoms with Crippen LogP contribution in [0.3, 0.4) is 0 Å². The van der Waals surface area contributed by atoms with Crippen LogP contribution in [0.2, 0.25) is 0 Å². The zero-order valence-electron chi connectivity index (χ0n) is 11.9. The maximum absolute atomic E-state index is 3.58. The van der Waals surface area contributed by atoms with Crippen LogP contribution in [0.1, 0.15) is 49.7 Å². The van der Waals surface area contributed by atoms with Crippen molar-refractivity contribution < 1.29 is 0 Å². The molecule has 1 heteroatoms. The number of hydrogen-bond donors (Lipinski definition) is 1. The molecule has 1 aromatic rings. The zero-order valence-corrected chi connectivity index (χ0v) is 11.9. The molecule has 2 rings (SSSR count). The molecular weight excluding hydrogens is 218 g/mol. The average Bonchev–Trinajstić information content (AvgIpc) is 2.67. The SMILES string of the molecule is CNC(Cc1ccccc1C)C1CCCCCC1. The number of rotatable bonds is 4. The van der Waals surface area contributed by atoms with Gasteiger partial charge in [0.05, 0.1) is 0 Å². The Labute approximate surface area is 112 Å². The van der Waals surface area contributed by atoms with E-state index in [0.29, 0.717) is 6.04 Å². The summed E-state index contributed by atoms with van der Waals surface area (Å²) in [5.41, 5.74) is 2.95. The minimum atomic E-state index is 0.657. The minimum Gasteiger partial charge on any atom is -0.316 e. The third-order valence-electron chi connectivity index (χ3n) is 4.54. The first-order valence-corrected chi connectivity index (χ1v) is 7.53. The molecule has 100 valence electrons. The van der Waals surface area contributed by atoms with E-state index < -0.39 is 0 Å². The summed E-state index contributed by atoms with van der Waals surface area (Å²) < 4.78 is 0. The van der Waals surface area contributed by atoms with Crippen LogP contribution in [-0.4, -0.2) is 13.1 Å². The standard InChI is InChI=1S/C17H27N/c1-14-9-7-8-12-16(14)13-17(18-2)15-10-5-3-4-6-11-15/h7-9,12,15,17-18H,3-6,10-11,13H2,1-2H3. The minimum absolute atomic E-state index is 0.657. The monoisotopic (exact) mass is 245 g/mol. The van der Waals surface area contributed by atoms with Crippen molar-refractivity contribution in [3.05, 3.63) is 35.4 Å². The van der Waals surface area contributed by atoms with Gasteiger partial charge in [-0.15, -0.1) is 0 Å². The number of benzene rings is 1. The molecule has 0 saturated heterocycles. The third-order valence-corrected chi connectivity index (χ3v) is 4.54. The fourth-order valence-corrected chi connectivity index (χ4v) is 3.29. The molecule has 0 bridgehead atoms. The largest absolute Gasteiger partial charge is 0.316 e. The molecular formula is C17H27N. The molecule has 1 N–H and O–H groups in total. The van der Waals surface area contributed by atoms with Gasteiger partial charge < -0.3 is 5.32 Å². The van der Waals surface area contributed by atoms with Gasteiger partial charge in [0.2, 0.25) is 0 Å². The lowest BCUT2D eigenvalue weighted by Gasteiger charge is -2.26. The van der Waals surface area contributed by atoms with E-state index in [9.17, 15) is 0 Å². The van der Waals surface area contributed by atoms with Gasteiger partial charge in [-0.05, 0) is 50.3 Å². The predicted molar refractivity (Wildman–Crippen MR) is 78.9 cm³/mol. The maximum Gasteiger partial charge on any atom is 0.0133 e. The Morgan fingerprint density at radius 1 is 1.11 bits per heavy atom. The molecule has 0 spiro atoms. The molecule has 18 heavy (non-hydrogen) atoms. The molecule has 1 atom stereocenters. The van der Waals surface area contributed by atoms with E-state index in [0.717, 1.165) is 5.92 Å². The highest BCUT2D eigenvalue weighted by Gasteiger charge is 2.21. The van der Waals surface area contributed by atoms with E-state index >= 15 is 0 Å². The van der Waals surface area contributed by atoms with Crippen molar-refractivity contribution >= 4 is 0 Å². The van der Waals surface area contributed by atoms with E-state index in [-0.39, 0.29) is 0 Å². The second kappa shape index (κ2) is 6.94.